The molecule has 1 aliphatic rings. The molecule has 140 valence electrons. The molecule has 0 aromatic carbocycles. The van der Waals surface area contributed by atoms with Crippen molar-refractivity contribution in [3.8, 4) is 6.07 Å². The van der Waals surface area contributed by atoms with E-state index < -0.39 is 30.8 Å². The van der Waals surface area contributed by atoms with Crippen LogP contribution in [0.2, 0.25) is 0 Å². The Morgan fingerprint density at radius 2 is 2.00 bits per heavy atom. The number of ether oxygens (including phenoxy) is 2. The van der Waals surface area contributed by atoms with Crippen molar-refractivity contribution in [2.24, 2.45) is 0 Å². The van der Waals surface area contributed by atoms with Crippen LogP contribution >= 0.6 is 0 Å². The molecule has 1 fully saturated rings. The lowest BCUT2D eigenvalue weighted by molar-refractivity contribution is -0.202. The van der Waals surface area contributed by atoms with E-state index in [1.54, 1.807) is 19.1 Å². The largest absolute Gasteiger partial charge is 0.490 e. The number of aromatic nitrogens is 1. The van der Waals surface area contributed by atoms with Crippen molar-refractivity contribution in [1.29, 1.82) is 5.26 Å². The van der Waals surface area contributed by atoms with Crippen LogP contribution in [0.5, 0.6) is 0 Å². The number of carbonyl (C=O) groups excluding carboxylic acids is 2. The summed E-state index contributed by atoms with van der Waals surface area (Å²) in [7, 11) is 0. The van der Waals surface area contributed by atoms with Gasteiger partial charge in [-0.3, -0.25) is 0 Å². The second kappa shape index (κ2) is 8.03. The highest BCUT2D eigenvalue weighted by Gasteiger charge is 2.41. The zero-order chi connectivity index (χ0) is 19.3. The van der Waals surface area contributed by atoms with Crippen LogP contribution in [-0.2, 0) is 19.1 Å². The molecule has 0 atom stereocenters. The van der Waals surface area contributed by atoms with Crippen LogP contribution in [0, 0.1) is 18.3 Å². The van der Waals surface area contributed by atoms with Gasteiger partial charge >= 0.3 is 18.1 Å². The van der Waals surface area contributed by atoms with Gasteiger partial charge in [-0.15, -0.1) is 0 Å². The van der Waals surface area contributed by atoms with Crippen LogP contribution in [0.15, 0.2) is 12.1 Å². The summed E-state index contributed by atoms with van der Waals surface area (Å²) in [4.78, 5) is 28.3. The van der Waals surface area contributed by atoms with Gasteiger partial charge in [0.05, 0.1) is 5.56 Å². The van der Waals surface area contributed by atoms with Gasteiger partial charge in [0.25, 0.3) is 0 Å². The summed E-state index contributed by atoms with van der Waals surface area (Å²) in [6.07, 6.45) is -4.82. The average Bonchev–Trinajstić information content (AvgIpc) is 2.59. The minimum atomic E-state index is -5.15. The van der Waals surface area contributed by atoms with Gasteiger partial charge in [0.1, 0.15) is 18.0 Å². The maximum absolute atomic E-state index is 12.0. The molecule has 10 heteroatoms. The number of anilines is 1. The first-order chi connectivity index (χ1) is 12.2. The number of nitriles is 1. The molecular weight excluding hydrogens is 355 g/mol. The maximum atomic E-state index is 12.0. The van der Waals surface area contributed by atoms with Crippen molar-refractivity contribution in [2.45, 2.75) is 32.0 Å². The van der Waals surface area contributed by atoms with E-state index in [0.717, 1.165) is 5.69 Å². The summed E-state index contributed by atoms with van der Waals surface area (Å²) in [6, 6.07) is 5.49. The predicted octanol–water partition coefficient (Wildman–Crippen LogP) is 1.88. The first kappa shape index (κ1) is 19.5. The second-order valence-corrected chi connectivity index (χ2v) is 5.69. The summed E-state index contributed by atoms with van der Waals surface area (Å²) in [5.74, 6) is -2.91. The van der Waals surface area contributed by atoms with Crippen molar-refractivity contribution in [1.82, 2.24) is 4.98 Å². The van der Waals surface area contributed by atoms with E-state index >= 15 is 0 Å². The lowest BCUT2D eigenvalue weighted by Crippen LogP contribution is -2.39. The fourth-order valence-corrected chi connectivity index (χ4v) is 2.48. The van der Waals surface area contributed by atoms with Gasteiger partial charge in [-0.1, -0.05) is 0 Å². The van der Waals surface area contributed by atoms with E-state index in [2.05, 4.69) is 15.8 Å². The minimum Gasteiger partial charge on any atom is -0.460 e. The summed E-state index contributed by atoms with van der Waals surface area (Å²) >= 11 is 0. The molecule has 0 amide bonds. The second-order valence-electron chi connectivity index (χ2n) is 5.69. The average molecular weight is 371 g/mol. The third-order valence-corrected chi connectivity index (χ3v) is 3.73. The topological polar surface area (TPSA) is 92.5 Å². The number of alkyl halides is 3. The number of piperidine rings is 1. The highest BCUT2D eigenvalue weighted by Crippen LogP contribution is 2.23. The molecule has 1 saturated heterocycles. The number of hydrogen-bond donors (Lipinski definition) is 0. The maximum Gasteiger partial charge on any atom is 0.490 e. The standard InChI is InChI=1S/C16H16F3N3O4/c1-10-2-3-11(8-20)14(21-10)22-6-4-12(5-7-22)26-13(23)9-25-15(24)16(17,18)19/h2-3,12H,4-7,9H2,1H3. The quantitative estimate of drug-likeness (QED) is 0.746. The molecule has 1 aliphatic heterocycles. The van der Waals surface area contributed by atoms with Gasteiger partial charge in [-0.05, 0) is 19.1 Å². The van der Waals surface area contributed by atoms with Gasteiger partial charge in [-0.25, -0.2) is 14.6 Å². The van der Waals surface area contributed by atoms with Gasteiger partial charge in [0.15, 0.2) is 6.61 Å². The van der Waals surface area contributed by atoms with Crippen molar-refractivity contribution >= 4 is 17.8 Å². The summed E-state index contributed by atoms with van der Waals surface area (Å²) in [5, 5.41) is 9.16. The van der Waals surface area contributed by atoms with Crippen LogP contribution in [0.4, 0.5) is 19.0 Å². The number of rotatable bonds is 4. The van der Waals surface area contributed by atoms with Crippen LogP contribution < -0.4 is 4.90 Å². The molecule has 0 spiro atoms. The highest BCUT2D eigenvalue weighted by molar-refractivity contribution is 5.79. The van der Waals surface area contributed by atoms with Crippen molar-refractivity contribution in [3.05, 3.63) is 23.4 Å². The van der Waals surface area contributed by atoms with Crippen LogP contribution in [0.3, 0.4) is 0 Å². The number of nitrogens with zero attached hydrogens (tertiary/aromatic N) is 3. The number of pyridine rings is 1. The minimum absolute atomic E-state index is 0.416. The van der Waals surface area contributed by atoms with Gasteiger partial charge in [0.2, 0.25) is 0 Å². The summed E-state index contributed by atoms with van der Waals surface area (Å²) < 4.78 is 44.8. The van der Waals surface area contributed by atoms with Crippen molar-refractivity contribution < 1.29 is 32.2 Å². The number of aryl methyl sites for hydroxylation is 1. The number of halogens is 3. The van der Waals surface area contributed by atoms with Gasteiger partial charge in [-0.2, -0.15) is 18.4 Å². The number of carbonyl (C=O) groups is 2. The first-order valence-electron chi connectivity index (χ1n) is 7.77. The Hall–Kier alpha value is -2.83. The molecule has 2 rings (SSSR count). The Kier molecular flexibility index (Phi) is 6.02. The molecule has 0 aliphatic carbocycles. The predicted molar refractivity (Wildman–Crippen MR) is 82.0 cm³/mol. The fourth-order valence-electron chi connectivity index (χ4n) is 2.48. The van der Waals surface area contributed by atoms with Gasteiger partial charge in [0, 0.05) is 31.6 Å². The summed E-state index contributed by atoms with van der Waals surface area (Å²) in [5.41, 5.74) is 1.20. The Balaban J connectivity index is 1.84. The van der Waals surface area contributed by atoms with E-state index in [1.807, 2.05) is 4.90 Å². The molecular formula is C16H16F3N3O4. The number of esters is 2. The molecule has 0 N–H and O–H groups in total. The van der Waals surface area contributed by atoms with Crippen molar-refractivity contribution in [3.63, 3.8) is 0 Å². The van der Waals surface area contributed by atoms with Crippen LogP contribution in [-0.4, -0.2) is 48.9 Å². The van der Waals surface area contributed by atoms with E-state index in [1.165, 1.54) is 0 Å². The summed E-state index contributed by atoms with van der Waals surface area (Å²) in [6.45, 7) is 1.65. The Morgan fingerprint density at radius 3 is 2.58 bits per heavy atom. The SMILES string of the molecule is Cc1ccc(C#N)c(N2CCC(OC(=O)COC(=O)C(F)(F)F)CC2)n1. The van der Waals surface area contributed by atoms with E-state index in [9.17, 15) is 22.8 Å². The van der Waals surface area contributed by atoms with Crippen LogP contribution in [0.1, 0.15) is 24.1 Å². The molecule has 1 aromatic heterocycles. The number of hydrogen-bond acceptors (Lipinski definition) is 7. The van der Waals surface area contributed by atoms with Crippen LogP contribution in [0.25, 0.3) is 0 Å². The third kappa shape index (κ3) is 5.08. The van der Waals surface area contributed by atoms with E-state index in [-0.39, 0.29) is 0 Å². The zero-order valence-corrected chi connectivity index (χ0v) is 13.9. The molecule has 0 saturated carbocycles. The Labute approximate surface area is 147 Å². The third-order valence-electron chi connectivity index (χ3n) is 3.73. The molecule has 7 nitrogen and oxygen atoms in total. The lowest BCUT2D eigenvalue weighted by Gasteiger charge is -2.33. The first-order valence-corrected chi connectivity index (χ1v) is 7.77. The molecule has 0 radical (unpaired) electrons. The highest BCUT2D eigenvalue weighted by atomic mass is 19.4. The fraction of sp³-hybridized carbons (Fsp3) is 0.500. The smallest absolute Gasteiger partial charge is 0.460 e. The Bertz CT molecular complexity index is 722. The lowest BCUT2D eigenvalue weighted by atomic mass is 10.1. The van der Waals surface area contributed by atoms with E-state index in [0.29, 0.717) is 37.3 Å². The van der Waals surface area contributed by atoms with E-state index in [4.69, 9.17) is 10.00 Å². The van der Waals surface area contributed by atoms with Gasteiger partial charge < -0.3 is 14.4 Å². The molecule has 2 heterocycles. The van der Waals surface area contributed by atoms with Crippen molar-refractivity contribution in [2.75, 3.05) is 24.6 Å². The molecule has 26 heavy (non-hydrogen) atoms. The normalized spacial score (nSPS) is 15.3. The molecule has 1 aromatic rings. The Morgan fingerprint density at radius 1 is 1.35 bits per heavy atom. The monoisotopic (exact) mass is 371 g/mol. The zero-order valence-electron chi connectivity index (χ0n) is 13.9. The molecule has 0 unspecified atom stereocenters. The molecule has 0 bridgehead atoms.